The number of nitrogens with zero attached hydrogens (tertiary/aromatic N) is 4. The first-order valence-electron chi connectivity index (χ1n) is 7.19. The van der Waals surface area contributed by atoms with Crippen LogP contribution in [0.4, 0.5) is 27.5 Å². The summed E-state index contributed by atoms with van der Waals surface area (Å²) in [6.07, 6.45) is -1.27. The highest BCUT2D eigenvalue weighted by molar-refractivity contribution is 5.95. The lowest BCUT2D eigenvalue weighted by Crippen LogP contribution is -2.34. The van der Waals surface area contributed by atoms with Gasteiger partial charge in [0.25, 0.3) is 5.69 Å². The maximum absolute atomic E-state index is 12.2. The van der Waals surface area contributed by atoms with Crippen molar-refractivity contribution in [2.75, 3.05) is 11.4 Å². The quantitative estimate of drug-likeness (QED) is 0.532. The van der Waals surface area contributed by atoms with Crippen LogP contribution in [0.25, 0.3) is 0 Å². The maximum atomic E-state index is 12.2. The predicted octanol–water partition coefficient (Wildman–Crippen LogP) is 3.17. The second-order valence-electron chi connectivity index (χ2n) is 5.19. The summed E-state index contributed by atoms with van der Waals surface area (Å²) < 4.78 is 4.97. The summed E-state index contributed by atoms with van der Waals surface area (Å²) in [7, 11) is 0. The normalized spacial score (nSPS) is 10.4. The summed E-state index contributed by atoms with van der Waals surface area (Å²) in [5.74, 6) is 0. The number of non-ortho nitro benzene ring substituents is 1. The minimum Gasteiger partial charge on any atom is -0.446 e. The van der Waals surface area contributed by atoms with E-state index in [-0.39, 0.29) is 6.54 Å². The Morgan fingerprint density at radius 2 is 1.56 bits per heavy atom. The lowest BCUT2D eigenvalue weighted by Gasteiger charge is -2.22. The fourth-order valence-electron chi connectivity index (χ4n) is 2.03. The van der Waals surface area contributed by atoms with Gasteiger partial charge in [-0.25, -0.2) is 4.79 Å². The largest absolute Gasteiger partial charge is 0.446 e. The van der Waals surface area contributed by atoms with Gasteiger partial charge in [0.05, 0.1) is 33.0 Å². The van der Waals surface area contributed by atoms with Crippen LogP contribution >= 0.6 is 0 Å². The summed E-state index contributed by atoms with van der Waals surface area (Å²) >= 11 is 0. The van der Waals surface area contributed by atoms with E-state index in [0.29, 0.717) is 18.6 Å². The van der Waals surface area contributed by atoms with Crippen LogP contribution in [0.15, 0.2) is 12.1 Å². The van der Waals surface area contributed by atoms with Gasteiger partial charge in [-0.2, -0.15) is 0 Å². The summed E-state index contributed by atoms with van der Waals surface area (Å²) in [5, 5.41) is 33.5. The molecule has 0 radical (unpaired) electrons. The van der Waals surface area contributed by atoms with Crippen molar-refractivity contribution < 1.29 is 24.3 Å². The molecule has 1 rings (SSSR count). The summed E-state index contributed by atoms with van der Waals surface area (Å²) in [4.78, 5) is 43.5. The van der Waals surface area contributed by atoms with E-state index >= 15 is 0 Å². The second kappa shape index (κ2) is 7.99. The van der Waals surface area contributed by atoms with Crippen LogP contribution in [0.3, 0.4) is 0 Å². The van der Waals surface area contributed by atoms with Gasteiger partial charge in [-0.15, -0.1) is 0 Å². The van der Waals surface area contributed by atoms with Crippen molar-refractivity contribution in [3.05, 3.63) is 42.5 Å². The molecule has 1 amide bonds. The van der Waals surface area contributed by atoms with Crippen molar-refractivity contribution in [2.45, 2.75) is 33.3 Å². The van der Waals surface area contributed by atoms with Crippen LogP contribution in [0.1, 0.15) is 27.2 Å². The Hall–Kier alpha value is -3.31. The van der Waals surface area contributed by atoms with Gasteiger partial charge in [-0.1, -0.05) is 6.92 Å². The number of rotatable bonds is 7. The van der Waals surface area contributed by atoms with Crippen LogP contribution in [0.2, 0.25) is 0 Å². The van der Waals surface area contributed by atoms with E-state index in [1.807, 2.05) is 0 Å². The second-order valence-corrected chi connectivity index (χ2v) is 5.19. The van der Waals surface area contributed by atoms with Crippen LogP contribution < -0.4 is 4.90 Å². The molecule has 136 valence electrons. The molecule has 0 aliphatic heterocycles. The Balaban J connectivity index is 3.72. The number of carbonyl (C=O) groups is 1. The van der Waals surface area contributed by atoms with Crippen molar-refractivity contribution in [1.29, 1.82) is 0 Å². The smallest absolute Gasteiger partial charge is 0.414 e. The van der Waals surface area contributed by atoms with E-state index in [4.69, 9.17) is 4.74 Å². The molecule has 0 bridgehead atoms. The van der Waals surface area contributed by atoms with E-state index in [1.165, 1.54) is 0 Å². The Morgan fingerprint density at radius 1 is 1.08 bits per heavy atom. The molecule has 0 saturated carbocycles. The standard InChI is InChI=1S/C13H16N4O8/c1-4-5-14(13(18)25-8(2)3)12-10(16(21)22)6-9(15(19)20)7-11(12)17(23)24/h6-8H,4-5H2,1-3H3. The van der Waals surface area contributed by atoms with Gasteiger partial charge in [-0.3, -0.25) is 35.2 Å². The zero-order valence-electron chi connectivity index (χ0n) is 13.7. The molecular weight excluding hydrogens is 340 g/mol. The average Bonchev–Trinajstić information content (AvgIpc) is 2.50. The van der Waals surface area contributed by atoms with Crippen molar-refractivity contribution in [3.63, 3.8) is 0 Å². The molecule has 0 aliphatic carbocycles. The van der Waals surface area contributed by atoms with Gasteiger partial charge < -0.3 is 4.74 Å². The highest BCUT2D eigenvalue weighted by Gasteiger charge is 2.37. The first-order valence-corrected chi connectivity index (χ1v) is 7.19. The molecule has 0 atom stereocenters. The van der Waals surface area contributed by atoms with Crippen LogP contribution in [0.5, 0.6) is 0 Å². The minimum absolute atomic E-state index is 0.106. The molecule has 0 N–H and O–H groups in total. The number of carbonyl (C=O) groups excluding carboxylic acids is 1. The lowest BCUT2D eigenvalue weighted by molar-refractivity contribution is -0.402. The number of amides is 1. The molecule has 0 aliphatic rings. The zero-order valence-corrected chi connectivity index (χ0v) is 13.7. The highest BCUT2D eigenvalue weighted by Crippen LogP contribution is 2.41. The fraction of sp³-hybridized carbons (Fsp3) is 0.462. The lowest BCUT2D eigenvalue weighted by atomic mass is 10.1. The number of ether oxygens (including phenoxy) is 1. The van der Waals surface area contributed by atoms with E-state index in [1.54, 1.807) is 20.8 Å². The molecule has 0 fully saturated rings. The van der Waals surface area contributed by atoms with E-state index in [2.05, 4.69) is 0 Å². The number of benzene rings is 1. The van der Waals surface area contributed by atoms with Crippen LogP contribution in [0, 0.1) is 30.3 Å². The number of hydrogen-bond acceptors (Lipinski definition) is 8. The molecule has 1 aromatic carbocycles. The summed E-state index contributed by atoms with van der Waals surface area (Å²) in [6, 6.07) is 1.15. The number of hydrogen-bond donors (Lipinski definition) is 0. The van der Waals surface area contributed by atoms with Crippen molar-refractivity contribution in [1.82, 2.24) is 0 Å². The van der Waals surface area contributed by atoms with Gasteiger partial charge in [0.1, 0.15) is 0 Å². The monoisotopic (exact) mass is 356 g/mol. The first-order chi connectivity index (χ1) is 11.6. The molecule has 1 aromatic rings. The van der Waals surface area contributed by atoms with Gasteiger partial charge in [0.15, 0.2) is 0 Å². The zero-order chi connectivity index (χ0) is 19.3. The molecule has 0 saturated heterocycles. The number of nitro groups is 3. The summed E-state index contributed by atoms with van der Waals surface area (Å²) in [5.41, 5.74) is -3.31. The first kappa shape index (κ1) is 19.7. The fourth-order valence-corrected chi connectivity index (χ4v) is 2.03. The molecule has 0 spiro atoms. The molecule has 0 aromatic heterocycles. The molecule has 0 unspecified atom stereocenters. The Morgan fingerprint density at radius 3 is 1.88 bits per heavy atom. The number of nitro benzene ring substituents is 3. The summed E-state index contributed by atoms with van der Waals surface area (Å²) in [6.45, 7) is 4.63. The average molecular weight is 356 g/mol. The Labute approximate surface area is 141 Å². The molecule has 12 heteroatoms. The van der Waals surface area contributed by atoms with Crippen molar-refractivity contribution in [3.8, 4) is 0 Å². The van der Waals surface area contributed by atoms with Gasteiger partial charge in [0.2, 0.25) is 5.69 Å². The van der Waals surface area contributed by atoms with E-state index in [0.717, 1.165) is 4.90 Å². The Bertz CT molecular complexity index is 683. The Kier molecular flexibility index (Phi) is 6.31. The van der Waals surface area contributed by atoms with E-state index in [9.17, 15) is 35.1 Å². The minimum atomic E-state index is -1.02. The maximum Gasteiger partial charge on any atom is 0.414 e. The van der Waals surface area contributed by atoms with Crippen molar-refractivity contribution in [2.24, 2.45) is 0 Å². The highest BCUT2D eigenvalue weighted by atomic mass is 16.6. The number of anilines is 1. The third kappa shape index (κ3) is 4.59. The van der Waals surface area contributed by atoms with Gasteiger partial charge >= 0.3 is 17.5 Å². The molecule has 0 heterocycles. The molecular formula is C13H16N4O8. The van der Waals surface area contributed by atoms with Gasteiger partial charge in [-0.05, 0) is 20.3 Å². The SMILES string of the molecule is CCCN(C(=O)OC(C)C)c1c([N+](=O)[O-])cc([N+](=O)[O-])cc1[N+](=O)[O-]. The van der Waals surface area contributed by atoms with E-state index < -0.39 is 49.7 Å². The third-order valence-corrected chi connectivity index (χ3v) is 2.93. The van der Waals surface area contributed by atoms with Crippen molar-refractivity contribution >= 4 is 28.8 Å². The predicted molar refractivity (Wildman–Crippen MR) is 85.7 cm³/mol. The third-order valence-electron chi connectivity index (χ3n) is 2.93. The van der Waals surface area contributed by atoms with Gasteiger partial charge in [0, 0.05) is 6.54 Å². The molecule has 25 heavy (non-hydrogen) atoms. The molecule has 12 nitrogen and oxygen atoms in total. The van der Waals surface area contributed by atoms with Crippen LogP contribution in [-0.2, 0) is 4.74 Å². The topological polar surface area (TPSA) is 159 Å². The van der Waals surface area contributed by atoms with Crippen LogP contribution in [-0.4, -0.2) is 33.5 Å².